The molecular weight excluding hydrogens is 412 g/mol. The number of benzene rings is 1. The lowest BCUT2D eigenvalue weighted by molar-refractivity contribution is 0.102. The van der Waals surface area contributed by atoms with Crippen LogP contribution in [0.25, 0.3) is 0 Å². The number of sulfonamides is 1. The van der Waals surface area contributed by atoms with Gasteiger partial charge in [0.2, 0.25) is 10.0 Å². The number of aromatic nitrogens is 1. The molecule has 1 N–H and O–H groups in total. The van der Waals surface area contributed by atoms with Crippen molar-refractivity contribution in [1.82, 2.24) is 9.29 Å². The third-order valence-corrected chi connectivity index (χ3v) is 7.02. The number of rotatable bonds is 6. The molecule has 3 rings (SSSR count). The summed E-state index contributed by atoms with van der Waals surface area (Å²) in [5, 5.41) is 3.66. The molecule has 8 nitrogen and oxygen atoms in total. The first-order valence-electron chi connectivity index (χ1n) is 9.03. The van der Waals surface area contributed by atoms with E-state index in [4.69, 9.17) is 4.74 Å². The number of amides is 1. The number of carbonyl (C=O) groups is 1. The standard InChI is InChI=1S/C19H24N4O4S2/c1-22(2)29(25,26)15-5-6-17(23-8-10-27-11-9-23)16(12-15)19(24)21-14-4-7-18(28-3)20-13-14/h4-7,12-13H,8-11H2,1-3H3,(H,21,24). The van der Waals surface area contributed by atoms with Crippen LogP contribution < -0.4 is 10.2 Å². The van der Waals surface area contributed by atoms with Crippen molar-refractivity contribution < 1.29 is 17.9 Å². The molecule has 10 heteroatoms. The van der Waals surface area contributed by atoms with Crippen LogP contribution in [-0.2, 0) is 14.8 Å². The average Bonchev–Trinajstić information content (AvgIpc) is 2.74. The summed E-state index contributed by atoms with van der Waals surface area (Å²) >= 11 is 1.51. The highest BCUT2D eigenvalue weighted by molar-refractivity contribution is 7.98. The number of hydrogen-bond donors (Lipinski definition) is 1. The first kappa shape index (κ1) is 21.6. The van der Waals surface area contributed by atoms with Crippen molar-refractivity contribution in [2.45, 2.75) is 9.92 Å². The van der Waals surface area contributed by atoms with Gasteiger partial charge in [0.05, 0.1) is 40.6 Å². The summed E-state index contributed by atoms with van der Waals surface area (Å²) in [7, 11) is -0.743. The van der Waals surface area contributed by atoms with Gasteiger partial charge in [-0.25, -0.2) is 17.7 Å². The lowest BCUT2D eigenvalue weighted by atomic mass is 10.1. The van der Waals surface area contributed by atoms with E-state index in [1.54, 1.807) is 18.3 Å². The van der Waals surface area contributed by atoms with Crippen LogP contribution in [-0.4, -0.2) is 70.3 Å². The van der Waals surface area contributed by atoms with Crippen molar-refractivity contribution in [2.75, 3.05) is 56.9 Å². The molecule has 0 saturated carbocycles. The summed E-state index contributed by atoms with van der Waals surface area (Å²) in [5.41, 5.74) is 1.52. The van der Waals surface area contributed by atoms with E-state index in [2.05, 4.69) is 10.3 Å². The van der Waals surface area contributed by atoms with E-state index in [0.717, 1.165) is 9.33 Å². The topological polar surface area (TPSA) is 91.8 Å². The van der Waals surface area contributed by atoms with E-state index >= 15 is 0 Å². The van der Waals surface area contributed by atoms with E-state index in [0.29, 0.717) is 43.2 Å². The number of nitrogens with zero attached hydrogens (tertiary/aromatic N) is 3. The fourth-order valence-electron chi connectivity index (χ4n) is 2.92. The molecule has 1 aliphatic heterocycles. The van der Waals surface area contributed by atoms with Crippen molar-refractivity contribution >= 4 is 39.1 Å². The molecule has 0 aliphatic carbocycles. The molecule has 156 valence electrons. The van der Waals surface area contributed by atoms with Gasteiger partial charge in [-0.3, -0.25) is 4.79 Å². The Kier molecular flexibility index (Phi) is 6.78. The number of anilines is 2. The summed E-state index contributed by atoms with van der Waals surface area (Å²) in [6, 6.07) is 8.23. The van der Waals surface area contributed by atoms with E-state index < -0.39 is 10.0 Å². The second kappa shape index (κ2) is 9.12. The van der Waals surface area contributed by atoms with Crippen molar-refractivity contribution in [1.29, 1.82) is 0 Å². The van der Waals surface area contributed by atoms with Crippen LogP contribution in [0.5, 0.6) is 0 Å². The van der Waals surface area contributed by atoms with E-state index in [-0.39, 0.29) is 10.8 Å². The number of nitrogens with one attached hydrogen (secondary N) is 1. The number of ether oxygens (including phenoxy) is 1. The smallest absolute Gasteiger partial charge is 0.257 e. The van der Waals surface area contributed by atoms with Gasteiger partial charge in [-0.15, -0.1) is 11.8 Å². The van der Waals surface area contributed by atoms with Crippen molar-refractivity contribution in [3.63, 3.8) is 0 Å². The molecule has 29 heavy (non-hydrogen) atoms. The number of thioether (sulfide) groups is 1. The first-order chi connectivity index (χ1) is 13.8. The van der Waals surface area contributed by atoms with Crippen LogP contribution >= 0.6 is 11.8 Å². The molecule has 1 amide bonds. The van der Waals surface area contributed by atoms with Gasteiger partial charge in [0.1, 0.15) is 0 Å². The number of pyridine rings is 1. The van der Waals surface area contributed by atoms with Crippen LogP contribution in [0.15, 0.2) is 46.5 Å². The summed E-state index contributed by atoms with van der Waals surface area (Å²) < 4.78 is 31.7. The van der Waals surface area contributed by atoms with Crippen LogP contribution in [0, 0.1) is 0 Å². The molecule has 1 aromatic heterocycles. The van der Waals surface area contributed by atoms with Gasteiger partial charge < -0.3 is 15.0 Å². The highest BCUT2D eigenvalue weighted by Crippen LogP contribution is 2.27. The van der Waals surface area contributed by atoms with Gasteiger partial charge in [-0.05, 0) is 36.6 Å². The Labute approximate surface area is 175 Å². The largest absolute Gasteiger partial charge is 0.378 e. The van der Waals surface area contributed by atoms with Gasteiger partial charge in [-0.1, -0.05) is 0 Å². The zero-order valence-corrected chi connectivity index (χ0v) is 18.2. The van der Waals surface area contributed by atoms with E-state index in [1.165, 1.54) is 38.0 Å². The Bertz CT molecular complexity index is 972. The summed E-state index contributed by atoms with van der Waals surface area (Å²) in [6.45, 7) is 2.37. The number of carbonyl (C=O) groups excluding carboxylic acids is 1. The van der Waals surface area contributed by atoms with E-state index in [1.807, 2.05) is 17.2 Å². The minimum absolute atomic E-state index is 0.0699. The first-order valence-corrected chi connectivity index (χ1v) is 11.7. The quantitative estimate of drug-likeness (QED) is 0.694. The molecule has 1 aromatic carbocycles. The van der Waals surface area contributed by atoms with Gasteiger partial charge in [0, 0.05) is 32.9 Å². The number of morpholine rings is 1. The lowest BCUT2D eigenvalue weighted by Crippen LogP contribution is -2.37. The lowest BCUT2D eigenvalue weighted by Gasteiger charge is -2.30. The van der Waals surface area contributed by atoms with Crippen LogP contribution in [0.3, 0.4) is 0 Å². The highest BCUT2D eigenvalue weighted by atomic mass is 32.2. The van der Waals surface area contributed by atoms with Gasteiger partial charge in [0.15, 0.2) is 0 Å². The molecule has 0 atom stereocenters. The van der Waals surface area contributed by atoms with Crippen LogP contribution in [0.2, 0.25) is 0 Å². The molecule has 1 aliphatic rings. The Morgan fingerprint density at radius 2 is 1.93 bits per heavy atom. The predicted octanol–water partition coefficient (Wildman–Crippen LogP) is 2.14. The van der Waals surface area contributed by atoms with Gasteiger partial charge in [0.25, 0.3) is 5.91 Å². The Hall–Kier alpha value is -2.14. The molecule has 1 fully saturated rings. The van der Waals surface area contributed by atoms with Crippen LogP contribution in [0.1, 0.15) is 10.4 Å². The van der Waals surface area contributed by atoms with Crippen molar-refractivity contribution in [3.8, 4) is 0 Å². The Balaban J connectivity index is 1.98. The minimum Gasteiger partial charge on any atom is -0.378 e. The fourth-order valence-corrected chi connectivity index (χ4v) is 4.21. The minimum atomic E-state index is -3.67. The maximum atomic E-state index is 13.1. The molecule has 0 radical (unpaired) electrons. The second-order valence-electron chi connectivity index (χ2n) is 6.61. The maximum Gasteiger partial charge on any atom is 0.257 e. The predicted molar refractivity (Wildman–Crippen MR) is 114 cm³/mol. The average molecular weight is 437 g/mol. The van der Waals surface area contributed by atoms with E-state index in [9.17, 15) is 13.2 Å². The maximum absolute atomic E-state index is 13.1. The normalized spacial score (nSPS) is 14.8. The summed E-state index contributed by atoms with van der Waals surface area (Å²) in [5.74, 6) is -0.388. The monoisotopic (exact) mass is 436 g/mol. The van der Waals surface area contributed by atoms with Crippen LogP contribution in [0.4, 0.5) is 11.4 Å². The third kappa shape index (κ3) is 4.89. The number of hydrogen-bond acceptors (Lipinski definition) is 7. The molecule has 2 aromatic rings. The fraction of sp³-hybridized carbons (Fsp3) is 0.368. The zero-order chi connectivity index (χ0) is 21.0. The third-order valence-electron chi connectivity index (χ3n) is 4.55. The zero-order valence-electron chi connectivity index (χ0n) is 16.6. The SMILES string of the molecule is CSc1ccc(NC(=O)c2cc(S(=O)(=O)N(C)C)ccc2N2CCOCC2)cn1. The highest BCUT2D eigenvalue weighted by Gasteiger charge is 2.24. The van der Waals surface area contributed by atoms with Gasteiger partial charge >= 0.3 is 0 Å². The molecular formula is C19H24N4O4S2. The van der Waals surface area contributed by atoms with Crippen molar-refractivity contribution in [3.05, 3.63) is 42.1 Å². The van der Waals surface area contributed by atoms with Crippen molar-refractivity contribution in [2.24, 2.45) is 0 Å². The molecule has 2 heterocycles. The Morgan fingerprint density at radius 1 is 1.21 bits per heavy atom. The Morgan fingerprint density at radius 3 is 2.52 bits per heavy atom. The molecule has 1 saturated heterocycles. The molecule has 0 bridgehead atoms. The molecule has 0 spiro atoms. The second-order valence-corrected chi connectivity index (χ2v) is 9.59. The summed E-state index contributed by atoms with van der Waals surface area (Å²) in [6.07, 6.45) is 3.50. The summed E-state index contributed by atoms with van der Waals surface area (Å²) in [4.78, 5) is 19.4. The van der Waals surface area contributed by atoms with Gasteiger partial charge in [-0.2, -0.15) is 0 Å². The molecule has 0 unspecified atom stereocenters.